The van der Waals surface area contributed by atoms with Gasteiger partial charge in [0.25, 0.3) is 0 Å². The van der Waals surface area contributed by atoms with E-state index in [9.17, 15) is 15.0 Å². The number of rotatable bonds is 5. The Morgan fingerprint density at radius 1 is 1.04 bits per heavy atom. The smallest absolute Gasteiger partial charge is 0.353 e. The molecule has 1 aliphatic heterocycles. The van der Waals surface area contributed by atoms with Crippen molar-refractivity contribution in [2.24, 2.45) is 0 Å². The Labute approximate surface area is 160 Å². The third kappa shape index (κ3) is 3.09. The molecule has 2 aliphatic rings. The molecule has 3 N–H and O–H groups in total. The average molecular weight is 376 g/mol. The van der Waals surface area contributed by atoms with Gasteiger partial charge in [0.2, 0.25) is 0 Å². The van der Waals surface area contributed by atoms with E-state index in [0.717, 1.165) is 0 Å². The van der Waals surface area contributed by atoms with Crippen molar-refractivity contribution in [1.29, 1.82) is 0 Å². The van der Waals surface area contributed by atoms with Gasteiger partial charge in [-0.05, 0) is 36.4 Å². The molecule has 0 spiro atoms. The van der Waals surface area contributed by atoms with E-state index in [-0.39, 0.29) is 28.5 Å². The second-order valence-corrected chi connectivity index (χ2v) is 6.03. The molecule has 0 aromatic heterocycles. The van der Waals surface area contributed by atoms with E-state index >= 15 is 0 Å². The Hall–Kier alpha value is -4.00. The van der Waals surface area contributed by atoms with Gasteiger partial charge in [0.05, 0.1) is 12.7 Å². The first-order chi connectivity index (χ1) is 13.6. The molecule has 0 atom stereocenters. The monoisotopic (exact) mass is 376 g/mol. The minimum Gasteiger partial charge on any atom is -0.506 e. The summed E-state index contributed by atoms with van der Waals surface area (Å²) in [5.41, 5.74) is 0.916. The van der Waals surface area contributed by atoms with Crippen LogP contribution < -0.4 is 9.47 Å². The zero-order valence-electron chi connectivity index (χ0n) is 14.8. The maximum Gasteiger partial charge on any atom is 0.353 e. The number of hydrogen-bond acceptors (Lipinski definition) is 5. The van der Waals surface area contributed by atoms with Gasteiger partial charge >= 0.3 is 5.97 Å². The van der Waals surface area contributed by atoms with Gasteiger partial charge in [-0.3, -0.25) is 0 Å². The number of fused-ring (bicyclic) bond motifs is 1. The van der Waals surface area contributed by atoms with Crippen molar-refractivity contribution in [2.75, 3.05) is 7.11 Å². The van der Waals surface area contributed by atoms with Crippen LogP contribution in [0.3, 0.4) is 0 Å². The van der Waals surface area contributed by atoms with E-state index in [0.29, 0.717) is 22.9 Å². The summed E-state index contributed by atoms with van der Waals surface area (Å²) in [5.74, 6) is 0.567. The fourth-order valence-electron chi connectivity index (χ4n) is 2.95. The van der Waals surface area contributed by atoms with Gasteiger partial charge in [-0.15, -0.1) is 0 Å². The number of nitrogens with one attached hydrogen (secondary N) is 1. The summed E-state index contributed by atoms with van der Waals surface area (Å²) in [7, 11) is 1.40. The normalized spacial score (nSPS) is 10.8. The van der Waals surface area contributed by atoms with Gasteiger partial charge in [0, 0.05) is 11.6 Å². The lowest BCUT2D eigenvalue weighted by Crippen LogP contribution is -2.07. The Morgan fingerprint density at radius 3 is 2.36 bits per heavy atom. The molecule has 2 aromatic rings. The first kappa shape index (κ1) is 17.4. The number of ether oxygens (including phenoxy) is 2. The molecular formula is C21H16N2O5. The molecular weight excluding hydrogens is 360 g/mol. The van der Waals surface area contributed by atoms with Crippen molar-refractivity contribution in [3.05, 3.63) is 66.4 Å². The first-order valence-corrected chi connectivity index (χ1v) is 8.43. The number of aromatic hydroxyl groups is 1. The molecule has 1 aliphatic carbocycles. The number of carboxylic acids is 1. The number of carboxylic acid groups (broad SMARTS) is 1. The van der Waals surface area contributed by atoms with Gasteiger partial charge in [0.15, 0.2) is 0 Å². The van der Waals surface area contributed by atoms with E-state index in [1.165, 1.54) is 13.2 Å². The summed E-state index contributed by atoms with van der Waals surface area (Å²) < 4.78 is 10.9. The number of para-hydroxylation sites is 1. The van der Waals surface area contributed by atoms with E-state index in [1.54, 1.807) is 24.3 Å². The number of aromatic carboxylic acids is 1. The maximum atomic E-state index is 11.7. The molecule has 2 aromatic carbocycles. The Bertz CT molecular complexity index is 1100. The molecule has 7 heteroatoms. The zero-order valence-corrected chi connectivity index (χ0v) is 14.8. The maximum absolute atomic E-state index is 11.7. The molecule has 7 nitrogen and oxygen atoms in total. The number of carbonyl (C=O) groups is 1. The molecule has 1 heterocycles. The van der Waals surface area contributed by atoms with Crippen LogP contribution in [0.15, 0.2) is 60.7 Å². The molecule has 0 radical (unpaired) electrons. The molecule has 0 saturated heterocycles. The number of benzene rings is 2. The topological polar surface area (TPSA) is 105 Å². The fraction of sp³-hybridized carbons (Fsp3) is 0.0476. The highest BCUT2D eigenvalue weighted by Gasteiger charge is 2.27. The SMILES string of the molecule is COc1cc(O)c2nc(-c3ccc(Oc4ccccc4)cc3)[nH]c(C(=O)O)c1-2. The minimum absolute atomic E-state index is 0.109. The van der Waals surface area contributed by atoms with Crippen molar-refractivity contribution in [2.45, 2.75) is 0 Å². The van der Waals surface area contributed by atoms with Gasteiger partial charge in [0.1, 0.15) is 40.2 Å². The average Bonchev–Trinajstić information content (AvgIpc) is 3.04. The van der Waals surface area contributed by atoms with Crippen LogP contribution in [-0.2, 0) is 0 Å². The molecule has 0 fully saturated rings. The number of aromatic amines is 1. The van der Waals surface area contributed by atoms with Crippen molar-refractivity contribution >= 4 is 5.97 Å². The third-order valence-electron chi connectivity index (χ3n) is 4.25. The van der Waals surface area contributed by atoms with Crippen molar-refractivity contribution < 1.29 is 24.5 Å². The first-order valence-electron chi connectivity index (χ1n) is 8.43. The van der Waals surface area contributed by atoms with E-state index in [4.69, 9.17) is 9.47 Å². The Balaban J connectivity index is 1.74. The van der Waals surface area contributed by atoms with E-state index < -0.39 is 5.97 Å². The number of hydrogen-bond donors (Lipinski definition) is 3. The zero-order chi connectivity index (χ0) is 19.7. The largest absolute Gasteiger partial charge is 0.506 e. The lowest BCUT2D eigenvalue weighted by Gasteiger charge is -2.11. The molecule has 0 amide bonds. The molecule has 140 valence electrons. The predicted molar refractivity (Wildman–Crippen MR) is 102 cm³/mol. The summed E-state index contributed by atoms with van der Waals surface area (Å²) in [6.07, 6.45) is 0. The van der Waals surface area contributed by atoms with Crippen LogP contribution in [0.4, 0.5) is 0 Å². The lowest BCUT2D eigenvalue weighted by atomic mass is 10.1. The van der Waals surface area contributed by atoms with Gasteiger partial charge in [-0.1, -0.05) is 18.2 Å². The number of methoxy groups -OCH3 is 1. The lowest BCUT2D eigenvalue weighted by molar-refractivity contribution is 0.0691. The Morgan fingerprint density at radius 2 is 1.71 bits per heavy atom. The van der Waals surface area contributed by atoms with Gasteiger partial charge < -0.3 is 24.7 Å². The fourth-order valence-corrected chi connectivity index (χ4v) is 2.95. The highest BCUT2D eigenvalue weighted by molar-refractivity contribution is 5.98. The van der Waals surface area contributed by atoms with Crippen molar-refractivity contribution in [3.8, 4) is 45.6 Å². The van der Waals surface area contributed by atoms with Crippen LogP contribution in [0.2, 0.25) is 0 Å². The second-order valence-electron chi connectivity index (χ2n) is 6.03. The standard InChI is InChI=1S/C21H16N2O5/c1-27-16-11-15(24)18-17(16)19(21(25)26)23-20(22-18)12-7-9-14(10-8-12)28-13-5-3-2-4-6-13/h2-11,24H,1H3,(H,22,23)(H,25,26). The van der Waals surface area contributed by atoms with E-state index in [1.807, 2.05) is 30.3 Å². The molecule has 0 saturated carbocycles. The summed E-state index contributed by atoms with van der Waals surface area (Å²) in [4.78, 5) is 18.9. The molecule has 28 heavy (non-hydrogen) atoms. The number of aromatic nitrogens is 2. The van der Waals surface area contributed by atoms with Gasteiger partial charge in [-0.2, -0.15) is 0 Å². The molecule has 0 bridgehead atoms. The third-order valence-corrected chi connectivity index (χ3v) is 4.25. The summed E-state index contributed by atoms with van der Waals surface area (Å²) in [6.45, 7) is 0. The van der Waals surface area contributed by atoms with Crippen LogP contribution in [-0.4, -0.2) is 33.3 Å². The summed E-state index contributed by atoms with van der Waals surface area (Å²) in [5, 5.41) is 19.7. The number of H-pyrrole nitrogens is 1. The van der Waals surface area contributed by atoms with Crippen LogP contribution >= 0.6 is 0 Å². The minimum atomic E-state index is -1.18. The highest BCUT2D eigenvalue weighted by atomic mass is 16.5. The molecule has 4 rings (SSSR count). The van der Waals surface area contributed by atoms with Crippen LogP contribution in [0.1, 0.15) is 10.5 Å². The second kappa shape index (κ2) is 6.96. The summed E-state index contributed by atoms with van der Waals surface area (Å²) >= 11 is 0. The predicted octanol–water partition coefficient (Wildman–Crippen LogP) is 4.39. The molecule has 0 unspecified atom stereocenters. The van der Waals surface area contributed by atoms with Crippen LogP contribution in [0, 0.1) is 0 Å². The van der Waals surface area contributed by atoms with E-state index in [2.05, 4.69) is 9.97 Å². The van der Waals surface area contributed by atoms with Crippen LogP contribution in [0.5, 0.6) is 23.0 Å². The van der Waals surface area contributed by atoms with Crippen LogP contribution in [0.25, 0.3) is 22.6 Å². The Kier molecular flexibility index (Phi) is 4.33. The van der Waals surface area contributed by atoms with Gasteiger partial charge in [-0.25, -0.2) is 9.78 Å². The summed E-state index contributed by atoms with van der Waals surface area (Å²) in [6, 6.07) is 17.7. The number of nitrogens with zero attached hydrogens (tertiary/aromatic N) is 1. The van der Waals surface area contributed by atoms with Crippen molar-refractivity contribution in [1.82, 2.24) is 9.97 Å². The highest BCUT2D eigenvalue weighted by Crippen LogP contribution is 2.43. The quantitative estimate of drug-likeness (QED) is 0.477. The van der Waals surface area contributed by atoms with Crippen molar-refractivity contribution in [3.63, 3.8) is 0 Å².